The summed E-state index contributed by atoms with van der Waals surface area (Å²) in [7, 11) is 0. The Morgan fingerprint density at radius 2 is 2.33 bits per heavy atom. The third kappa shape index (κ3) is 3.85. The van der Waals surface area contributed by atoms with E-state index in [4.69, 9.17) is 16.7 Å². The molecular weight excluding hydrogens is 216 g/mol. The van der Waals surface area contributed by atoms with E-state index in [1.807, 2.05) is 0 Å². The second-order valence-electron chi connectivity index (χ2n) is 3.04. The third-order valence-corrected chi connectivity index (χ3v) is 2.19. The molecule has 0 aromatic carbocycles. The number of aliphatic hydroxyl groups is 1. The first-order chi connectivity index (χ1) is 7.25. The number of nitrogens with one attached hydrogen (secondary N) is 1. The van der Waals surface area contributed by atoms with Crippen molar-refractivity contribution in [3.63, 3.8) is 0 Å². The molecule has 4 nitrogen and oxygen atoms in total. The summed E-state index contributed by atoms with van der Waals surface area (Å²) in [6, 6.07) is 1.57. The Morgan fingerprint density at radius 1 is 1.53 bits per heavy atom. The number of aromatic nitrogens is 1. The molecule has 1 rings (SSSR count). The molecule has 1 aromatic heterocycles. The maximum atomic E-state index is 11.5. The van der Waals surface area contributed by atoms with E-state index >= 15 is 0 Å². The summed E-state index contributed by atoms with van der Waals surface area (Å²) in [5.74, 6) is -0.208. The lowest BCUT2D eigenvalue weighted by atomic mass is 10.2. The van der Waals surface area contributed by atoms with Gasteiger partial charge in [-0.05, 0) is 18.9 Å². The Hall–Kier alpha value is -1.13. The van der Waals surface area contributed by atoms with E-state index in [1.54, 1.807) is 6.07 Å². The number of hydrogen-bond donors (Lipinski definition) is 2. The van der Waals surface area contributed by atoms with E-state index in [1.165, 1.54) is 12.4 Å². The Balaban J connectivity index is 2.44. The zero-order valence-corrected chi connectivity index (χ0v) is 9.00. The quantitative estimate of drug-likeness (QED) is 0.746. The van der Waals surface area contributed by atoms with Crippen LogP contribution in [0.1, 0.15) is 23.2 Å². The molecule has 1 heterocycles. The number of unbranched alkanes of at least 4 members (excludes halogenated alkanes) is 1. The lowest BCUT2D eigenvalue weighted by Gasteiger charge is -2.05. The fourth-order valence-corrected chi connectivity index (χ4v) is 1.30. The summed E-state index contributed by atoms with van der Waals surface area (Å²) in [5.41, 5.74) is 0.427. The molecule has 0 radical (unpaired) electrons. The minimum absolute atomic E-state index is 0.145. The molecule has 0 unspecified atom stereocenters. The standard InChI is InChI=1S/C10H13ClN2O2/c11-9-7-12-5-3-8(9)10(15)13-4-1-2-6-14/h3,5,7,14H,1-2,4,6H2,(H,13,15). The van der Waals surface area contributed by atoms with Gasteiger partial charge in [0.05, 0.1) is 10.6 Å². The van der Waals surface area contributed by atoms with Gasteiger partial charge in [0.2, 0.25) is 0 Å². The highest BCUT2D eigenvalue weighted by molar-refractivity contribution is 6.33. The van der Waals surface area contributed by atoms with Crippen molar-refractivity contribution < 1.29 is 9.90 Å². The lowest BCUT2D eigenvalue weighted by molar-refractivity contribution is 0.0952. The number of hydrogen-bond acceptors (Lipinski definition) is 3. The molecule has 2 N–H and O–H groups in total. The number of carbonyl (C=O) groups excluding carboxylic acids is 1. The van der Waals surface area contributed by atoms with Crippen molar-refractivity contribution in [3.05, 3.63) is 29.0 Å². The van der Waals surface area contributed by atoms with E-state index in [0.717, 1.165) is 6.42 Å². The number of carbonyl (C=O) groups is 1. The molecule has 0 saturated heterocycles. The van der Waals surface area contributed by atoms with Crippen molar-refractivity contribution in [3.8, 4) is 0 Å². The van der Waals surface area contributed by atoms with Crippen molar-refractivity contribution in [1.29, 1.82) is 0 Å². The van der Waals surface area contributed by atoms with Gasteiger partial charge in [0.1, 0.15) is 0 Å². The first kappa shape index (κ1) is 11.9. The fourth-order valence-electron chi connectivity index (χ4n) is 1.09. The summed E-state index contributed by atoms with van der Waals surface area (Å²) in [4.78, 5) is 15.3. The van der Waals surface area contributed by atoms with Crippen LogP contribution >= 0.6 is 11.6 Å². The van der Waals surface area contributed by atoms with Crippen LogP contribution in [-0.2, 0) is 0 Å². The van der Waals surface area contributed by atoms with Gasteiger partial charge in [-0.1, -0.05) is 11.6 Å². The van der Waals surface area contributed by atoms with Crippen LogP contribution in [0.2, 0.25) is 5.02 Å². The van der Waals surface area contributed by atoms with Gasteiger partial charge < -0.3 is 10.4 Å². The minimum atomic E-state index is -0.208. The van der Waals surface area contributed by atoms with Gasteiger partial charge in [-0.3, -0.25) is 9.78 Å². The molecule has 15 heavy (non-hydrogen) atoms. The zero-order chi connectivity index (χ0) is 11.1. The monoisotopic (exact) mass is 228 g/mol. The fraction of sp³-hybridized carbons (Fsp3) is 0.400. The number of pyridine rings is 1. The van der Waals surface area contributed by atoms with Crippen molar-refractivity contribution in [1.82, 2.24) is 10.3 Å². The van der Waals surface area contributed by atoms with E-state index in [2.05, 4.69) is 10.3 Å². The summed E-state index contributed by atoms with van der Waals surface area (Å²) in [6.07, 6.45) is 4.40. The molecule has 1 aromatic rings. The van der Waals surface area contributed by atoms with Crippen LogP contribution in [0.25, 0.3) is 0 Å². The molecule has 0 atom stereocenters. The smallest absolute Gasteiger partial charge is 0.252 e. The number of halogens is 1. The highest BCUT2D eigenvalue weighted by atomic mass is 35.5. The Kier molecular flexibility index (Phi) is 5.07. The van der Waals surface area contributed by atoms with Crippen LogP contribution in [0.5, 0.6) is 0 Å². The van der Waals surface area contributed by atoms with Crippen LogP contribution in [0.3, 0.4) is 0 Å². The van der Waals surface area contributed by atoms with Gasteiger partial charge in [-0.2, -0.15) is 0 Å². The number of aliphatic hydroxyl groups excluding tert-OH is 1. The zero-order valence-electron chi connectivity index (χ0n) is 8.24. The molecule has 0 aliphatic heterocycles. The Bertz CT molecular complexity index is 331. The second-order valence-corrected chi connectivity index (χ2v) is 3.45. The van der Waals surface area contributed by atoms with E-state index in [9.17, 15) is 4.79 Å². The average Bonchev–Trinajstić information content (AvgIpc) is 2.25. The van der Waals surface area contributed by atoms with Gasteiger partial charge in [-0.25, -0.2) is 0 Å². The largest absolute Gasteiger partial charge is 0.396 e. The van der Waals surface area contributed by atoms with E-state index in [-0.39, 0.29) is 12.5 Å². The molecule has 82 valence electrons. The van der Waals surface area contributed by atoms with E-state index < -0.39 is 0 Å². The van der Waals surface area contributed by atoms with Gasteiger partial charge in [0.15, 0.2) is 0 Å². The molecule has 0 spiro atoms. The number of amides is 1. The summed E-state index contributed by atoms with van der Waals surface area (Å²) >= 11 is 5.80. The molecule has 0 aliphatic carbocycles. The summed E-state index contributed by atoms with van der Waals surface area (Å²) in [6.45, 7) is 0.684. The van der Waals surface area contributed by atoms with Gasteiger partial charge >= 0.3 is 0 Å². The van der Waals surface area contributed by atoms with Crippen LogP contribution in [0, 0.1) is 0 Å². The Morgan fingerprint density at radius 3 is 3.00 bits per heavy atom. The number of nitrogens with zero attached hydrogens (tertiary/aromatic N) is 1. The molecule has 1 amide bonds. The van der Waals surface area contributed by atoms with Gasteiger partial charge in [-0.15, -0.1) is 0 Å². The molecule has 0 bridgehead atoms. The van der Waals surface area contributed by atoms with E-state index in [0.29, 0.717) is 23.6 Å². The minimum Gasteiger partial charge on any atom is -0.396 e. The highest BCUT2D eigenvalue weighted by Crippen LogP contribution is 2.12. The van der Waals surface area contributed by atoms with Crippen molar-refractivity contribution in [2.24, 2.45) is 0 Å². The first-order valence-corrected chi connectivity index (χ1v) is 5.12. The topological polar surface area (TPSA) is 62.2 Å². The molecule has 0 aliphatic rings. The third-order valence-electron chi connectivity index (χ3n) is 1.89. The SMILES string of the molecule is O=C(NCCCCO)c1ccncc1Cl. The molecule has 5 heteroatoms. The average molecular weight is 229 g/mol. The van der Waals surface area contributed by atoms with Gasteiger partial charge in [0.25, 0.3) is 5.91 Å². The van der Waals surface area contributed by atoms with Crippen LogP contribution in [0.15, 0.2) is 18.5 Å². The van der Waals surface area contributed by atoms with Crippen LogP contribution in [0.4, 0.5) is 0 Å². The van der Waals surface area contributed by atoms with Crippen LogP contribution in [-0.4, -0.2) is 29.1 Å². The molecule has 0 saturated carbocycles. The predicted molar refractivity (Wildman–Crippen MR) is 57.9 cm³/mol. The second kappa shape index (κ2) is 6.37. The van der Waals surface area contributed by atoms with Gasteiger partial charge in [0, 0.05) is 25.5 Å². The first-order valence-electron chi connectivity index (χ1n) is 4.74. The summed E-state index contributed by atoms with van der Waals surface area (Å²) in [5, 5.41) is 11.6. The lowest BCUT2D eigenvalue weighted by Crippen LogP contribution is -2.24. The van der Waals surface area contributed by atoms with Crippen LogP contribution < -0.4 is 5.32 Å². The maximum absolute atomic E-state index is 11.5. The Labute approximate surface area is 93.3 Å². The maximum Gasteiger partial charge on any atom is 0.252 e. The number of rotatable bonds is 5. The highest BCUT2D eigenvalue weighted by Gasteiger charge is 2.08. The summed E-state index contributed by atoms with van der Waals surface area (Å²) < 4.78 is 0. The van der Waals surface area contributed by atoms with Crippen molar-refractivity contribution in [2.75, 3.05) is 13.2 Å². The molecular formula is C10H13ClN2O2. The van der Waals surface area contributed by atoms with Crippen molar-refractivity contribution in [2.45, 2.75) is 12.8 Å². The molecule has 0 fully saturated rings. The van der Waals surface area contributed by atoms with Crippen molar-refractivity contribution >= 4 is 17.5 Å². The normalized spacial score (nSPS) is 10.0. The predicted octanol–water partition coefficient (Wildman–Crippen LogP) is 1.24.